The Kier molecular flexibility index (Phi) is 6.94. The monoisotopic (exact) mass is 460 g/mol. The van der Waals surface area contributed by atoms with Gasteiger partial charge in [0.05, 0.1) is 18.7 Å². The molecule has 1 aliphatic rings. The molecule has 1 amide bonds. The highest BCUT2D eigenvalue weighted by Gasteiger charge is 2.32. The summed E-state index contributed by atoms with van der Waals surface area (Å²) >= 11 is 0. The van der Waals surface area contributed by atoms with Gasteiger partial charge >= 0.3 is 5.97 Å². The molecule has 2 heterocycles. The van der Waals surface area contributed by atoms with Gasteiger partial charge in [0.15, 0.2) is 5.58 Å². The van der Waals surface area contributed by atoms with E-state index in [0.717, 1.165) is 31.5 Å². The fourth-order valence-electron chi connectivity index (χ4n) is 4.34. The lowest BCUT2D eigenvalue weighted by Crippen LogP contribution is -2.49. The summed E-state index contributed by atoms with van der Waals surface area (Å²) in [6.07, 6.45) is 1.59. The minimum Gasteiger partial charge on any atom is -0.467 e. The van der Waals surface area contributed by atoms with E-state index < -0.39 is 12.0 Å². The van der Waals surface area contributed by atoms with Crippen LogP contribution in [0.3, 0.4) is 0 Å². The van der Waals surface area contributed by atoms with Crippen LogP contribution in [0.25, 0.3) is 22.6 Å². The molecule has 0 bridgehead atoms. The van der Waals surface area contributed by atoms with E-state index in [0.29, 0.717) is 33.7 Å². The van der Waals surface area contributed by atoms with E-state index in [9.17, 15) is 14.9 Å². The van der Waals surface area contributed by atoms with Gasteiger partial charge in [0.25, 0.3) is 5.91 Å². The van der Waals surface area contributed by atoms with Crippen LogP contribution in [0.1, 0.15) is 54.1 Å². The number of oxazole rings is 1. The molecule has 1 aliphatic heterocycles. The number of esters is 1. The van der Waals surface area contributed by atoms with Crippen LogP contribution in [0.4, 0.5) is 0 Å². The van der Waals surface area contributed by atoms with Crippen molar-refractivity contribution in [2.24, 2.45) is 5.92 Å². The molecule has 4 rings (SSSR count). The zero-order valence-corrected chi connectivity index (χ0v) is 19.6. The molecule has 0 radical (unpaired) electrons. The van der Waals surface area contributed by atoms with Crippen LogP contribution in [0, 0.1) is 17.2 Å². The van der Waals surface area contributed by atoms with Gasteiger partial charge in [-0.2, -0.15) is 5.26 Å². The number of piperidine rings is 1. The van der Waals surface area contributed by atoms with Gasteiger partial charge in [0, 0.05) is 16.7 Å². The number of nitrogens with zero attached hydrogens (tertiary/aromatic N) is 2. The van der Waals surface area contributed by atoms with E-state index in [1.165, 1.54) is 7.11 Å². The van der Waals surface area contributed by atoms with E-state index in [4.69, 9.17) is 9.15 Å². The predicted octanol–water partition coefficient (Wildman–Crippen LogP) is 3.76. The quantitative estimate of drug-likeness (QED) is 0.538. The number of carbonyl (C=O) groups is 2. The van der Waals surface area contributed by atoms with Crippen LogP contribution in [-0.4, -0.2) is 43.1 Å². The fraction of sp³-hybridized carbons (Fsp3) is 0.385. The van der Waals surface area contributed by atoms with Crippen LogP contribution >= 0.6 is 0 Å². The molecular weight excluding hydrogens is 432 g/mol. The Hall–Kier alpha value is -3.70. The molecule has 34 heavy (non-hydrogen) atoms. The zero-order chi connectivity index (χ0) is 24.2. The maximum atomic E-state index is 12.9. The molecule has 1 unspecified atom stereocenters. The fourth-order valence-corrected chi connectivity index (χ4v) is 4.34. The standard InChI is InChI=1S/C26H28N4O4/c1-15(2)20-12-16(14-27)13-21-23(20)34-25(29-21)19-6-4-18(5-7-19)24(31)30-22(26(32)33-3)17-8-10-28-11-9-17/h4-7,12-13,15,17,22,28H,8-11H2,1-3H3,(H,30,31). The second kappa shape index (κ2) is 10.1. The molecule has 176 valence electrons. The number of rotatable bonds is 6. The SMILES string of the molecule is COC(=O)C(NC(=O)c1ccc(-c2nc3cc(C#N)cc(C(C)C)c3o2)cc1)C1CCNCC1. The van der Waals surface area contributed by atoms with Crippen molar-refractivity contribution < 1.29 is 18.7 Å². The smallest absolute Gasteiger partial charge is 0.328 e. The average molecular weight is 461 g/mol. The second-order valence-corrected chi connectivity index (χ2v) is 8.84. The third-order valence-electron chi connectivity index (χ3n) is 6.26. The number of nitriles is 1. The molecule has 1 fully saturated rings. The lowest BCUT2D eigenvalue weighted by molar-refractivity contribution is -0.144. The van der Waals surface area contributed by atoms with Gasteiger partial charge in [0.2, 0.25) is 5.89 Å². The number of ether oxygens (including phenoxy) is 1. The molecule has 1 atom stereocenters. The highest BCUT2D eigenvalue weighted by molar-refractivity contribution is 5.97. The van der Waals surface area contributed by atoms with E-state index >= 15 is 0 Å². The second-order valence-electron chi connectivity index (χ2n) is 8.84. The molecule has 2 aromatic carbocycles. The van der Waals surface area contributed by atoms with Gasteiger partial charge in [0.1, 0.15) is 11.6 Å². The summed E-state index contributed by atoms with van der Waals surface area (Å²) in [5.41, 5.74) is 3.89. The van der Waals surface area contributed by atoms with Gasteiger partial charge in [-0.3, -0.25) is 4.79 Å². The van der Waals surface area contributed by atoms with Crippen molar-refractivity contribution in [3.63, 3.8) is 0 Å². The Bertz CT molecular complexity index is 1230. The summed E-state index contributed by atoms with van der Waals surface area (Å²) < 4.78 is 11.0. The Labute approximate surface area is 198 Å². The molecule has 8 nitrogen and oxygen atoms in total. The normalized spacial score (nSPS) is 15.1. The first kappa shape index (κ1) is 23.5. The van der Waals surface area contributed by atoms with Crippen LogP contribution in [0.2, 0.25) is 0 Å². The zero-order valence-electron chi connectivity index (χ0n) is 19.6. The first-order chi connectivity index (χ1) is 16.4. The maximum Gasteiger partial charge on any atom is 0.328 e. The summed E-state index contributed by atoms with van der Waals surface area (Å²) in [6.45, 7) is 5.69. The highest BCUT2D eigenvalue weighted by atomic mass is 16.5. The van der Waals surface area contributed by atoms with E-state index in [2.05, 4.69) is 21.7 Å². The molecule has 0 aliphatic carbocycles. The Morgan fingerprint density at radius 2 is 1.91 bits per heavy atom. The third kappa shape index (κ3) is 4.80. The largest absolute Gasteiger partial charge is 0.467 e. The first-order valence-corrected chi connectivity index (χ1v) is 11.5. The predicted molar refractivity (Wildman–Crippen MR) is 127 cm³/mol. The Morgan fingerprint density at radius 1 is 1.21 bits per heavy atom. The number of hydrogen-bond acceptors (Lipinski definition) is 7. The van der Waals surface area contributed by atoms with Gasteiger partial charge in [-0.05, 0) is 74.2 Å². The molecule has 0 spiro atoms. The molecule has 1 aromatic heterocycles. The van der Waals surface area contributed by atoms with Gasteiger partial charge in [-0.25, -0.2) is 9.78 Å². The summed E-state index contributed by atoms with van der Waals surface area (Å²) in [6, 6.07) is 11.9. The first-order valence-electron chi connectivity index (χ1n) is 11.5. The van der Waals surface area contributed by atoms with Crippen molar-refractivity contribution in [2.45, 2.75) is 38.6 Å². The van der Waals surface area contributed by atoms with E-state index in [1.807, 2.05) is 19.9 Å². The lowest BCUT2D eigenvalue weighted by atomic mass is 9.90. The van der Waals surface area contributed by atoms with Gasteiger partial charge in [-0.1, -0.05) is 13.8 Å². The summed E-state index contributed by atoms with van der Waals surface area (Å²) in [5, 5.41) is 15.4. The average Bonchev–Trinajstić information content (AvgIpc) is 3.30. The molecule has 0 saturated carbocycles. The maximum absolute atomic E-state index is 12.9. The number of nitrogens with one attached hydrogen (secondary N) is 2. The van der Waals surface area contributed by atoms with Gasteiger partial charge in [-0.15, -0.1) is 0 Å². The van der Waals surface area contributed by atoms with E-state index in [1.54, 1.807) is 30.3 Å². The van der Waals surface area contributed by atoms with Crippen LogP contribution < -0.4 is 10.6 Å². The molecular formula is C26H28N4O4. The summed E-state index contributed by atoms with van der Waals surface area (Å²) in [4.78, 5) is 29.8. The van der Waals surface area contributed by atoms with Crippen molar-refractivity contribution in [2.75, 3.05) is 20.2 Å². The number of aromatic nitrogens is 1. The molecule has 3 aromatic rings. The molecule has 2 N–H and O–H groups in total. The van der Waals surface area contributed by atoms with Crippen molar-refractivity contribution >= 4 is 23.0 Å². The van der Waals surface area contributed by atoms with Crippen molar-refractivity contribution in [3.05, 3.63) is 53.1 Å². The minimum absolute atomic E-state index is 0.0325. The highest BCUT2D eigenvalue weighted by Crippen LogP contribution is 2.31. The lowest BCUT2D eigenvalue weighted by Gasteiger charge is -2.29. The number of benzene rings is 2. The molecule has 8 heteroatoms. The Balaban J connectivity index is 1.56. The number of methoxy groups -OCH3 is 1. The number of amides is 1. The van der Waals surface area contributed by atoms with Crippen LogP contribution in [0.15, 0.2) is 40.8 Å². The van der Waals surface area contributed by atoms with Crippen LogP contribution in [0.5, 0.6) is 0 Å². The van der Waals surface area contributed by atoms with E-state index in [-0.39, 0.29) is 17.7 Å². The summed E-state index contributed by atoms with van der Waals surface area (Å²) in [5.74, 6) is -0.142. The third-order valence-corrected chi connectivity index (χ3v) is 6.26. The molecule has 1 saturated heterocycles. The van der Waals surface area contributed by atoms with Crippen molar-refractivity contribution in [3.8, 4) is 17.5 Å². The number of hydrogen-bond donors (Lipinski definition) is 2. The van der Waals surface area contributed by atoms with Crippen molar-refractivity contribution in [1.82, 2.24) is 15.6 Å². The van der Waals surface area contributed by atoms with Crippen LogP contribution in [-0.2, 0) is 9.53 Å². The summed E-state index contributed by atoms with van der Waals surface area (Å²) in [7, 11) is 1.34. The van der Waals surface area contributed by atoms with Crippen molar-refractivity contribution in [1.29, 1.82) is 5.26 Å². The Morgan fingerprint density at radius 3 is 2.53 bits per heavy atom. The topological polar surface area (TPSA) is 117 Å². The number of fused-ring (bicyclic) bond motifs is 1. The number of carbonyl (C=O) groups excluding carboxylic acids is 2. The van der Waals surface area contributed by atoms with Gasteiger partial charge < -0.3 is 19.8 Å². The minimum atomic E-state index is -0.680.